The van der Waals surface area contributed by atoms with Gasteiger partial charge in [-0.3, -0.25) is 4.90 Å². The lowest BCUT2D eigenvalue weighted by atomic mass is 9.82. The summed E-state index contributed by atoms with van der Waals surface area (Å²) in [6, 6.07) is 0. The van der Waals surface area contributed by atoms with E-state index in [1.165, 1.54) is 0 Å². The Morgan fingerprint density at radius 1 is 1.50 bits per heavy atom. The zero-order chi connectivity index (χ0) is 11.4. The summed E-state index contributed by atoms with van der Waals surface area (Å²) in [5.74, 6) is 0. The van der Waals surface area contributed by atoms with E-state index >= 15 is 0 Å². The zero-order valence-corrected chi connectivity index (χ0v) is 9.48. The van der Waals surface area contributed by atoms with E-state index in [1.807, 2.05) is 18.2 Å². The summed E-state index contributed by atoms with van der Waals surface area (Å²) < 4.78 is 0. The first-order chi connectivity index (χ1) is 7.74. The fraction of sp³-hybridized carbons (Fsp3) is 0.583. The molecule has 0 saturated carbocycles. The second-order valence-corrected chi connectivity index (χ2v) is 4.62. The Hall–Kier alpha value is -1.13. The highest BCUT2D eigenvalue weighted by atomic mass is 16.1. The molecule has 0 spiro atoms. The molecule has 1 aliphatic carbocycles. The van der Waals surface area contributed by atoms with Crippen molar-refractivity contribution in [1.29, 1.82) is 0 Å². The molecule has 4 nitrogen and oxygen atoms in total. The Balaban J connectivity index is 2.00. The van der Waals surface area contributed by atoms with Crippen molar-refractivity contribution in [3.05, 3.63) is 23.9 Å². The summed E-state index contributed by atoms with van der Waals surface area (Å²) in [5, 5.41) is 3.31. The average Bonchev–Trinajstić information content (AvgIpc) is 2.34. The monoisotopic (exact) mass is 221 g/mol. The van der Waals surface area contributed by atoms with Crippen LogP contribution in [0.3, 0.4) is 0 Å². The van der Waals surface area contributed by atoms with Gasteiger partial charge in [0.2, 0.25) is 0 Å². The van der Waals surface area contributed by atoms with Crippen molar-refractivity contribution in [2.24, 2.45) is 11.1 Å². The molecule has 3 N–H and O–H groups in total. The van der Waals surface area contributed by atoms with Gasteiger partial charge in [-0.1, -0.05) is 12.2 Å². The first-order valence-corrected chi connectivity index (χ1v) is 5.78. The minimum Gasteiger partial charge on any atom is -0.399 e. The molecule has 1 saturated heterocycles. The van der Waals surface area contributed by atoms with Gasteiger partial charge in [-0.15, -0.1) is 0 Å². The fourth-order valence-electron chi connectivity index (χ4n) is 2.23. The topological polar surface area (TPSA) is 58.4 Å². The lowest BCUT2D eigenvalue weighted by Gasteiger charge is -2.35. The number of piperazine rings is 1. The molecule has 0 aromatic carbocycles. The fourth-order valence-corrected chi connectivity index (χ4v) is 2.23. The summed E-state index contributed by atoms with van der Waals surface area (Å²) in [4.78, 5) is 13.6. The molecule has 2 rings (SSSR count). The van der Waals surface area contributed by atoms with Gasteiger partial charge in [0.15, 0.2) is 0 Å². The van der Waals surface area contributed by atoms with Crippen LogP contribution in [0.4, 0.5) is 0 Å². The third-order valence-electron chi connectivity index (χ3n) is 3.29. The van der Waals surface area contributed by atoms with E-state index < -0.39 is 0 Å². The van der Waals surface area contributed by atoms with Crippen molar-refractivity contribution in [2.45, 2.75) is 6.42 Å². The van der Waals surface area contributed by atoms with Crippen molar-refractivity contribution in [2.75, 3.05) is 32.7 Å². The van der Waals surface area contributed by atoms with E-state index in [4.69, 9.17) is 5.73 Å². The number of allylic oxidation sites excluding steroid dienone is 2. The molecular weight excluding hydrogens is 202 g/mol. The van der Waals surface area contributed by atoms with Crippen LogP contribution in [0.5, 0.6) is 0 Å². The van der Waals surface area contributed by atoms with E-state index in [1.54, 1.807) is 0 Å². The first-order valence-electron chi connectivity index (χ1n) is 5.78. The number of nitrogens with one attached hydrogen (secondary N) is 1. The van der Waals surface area contributed by atoms with Gasteiger partial charge in [0, 0.05) is 38.4 Å². The smallest absolute Gasteiger partial charge is 0.131 e. The van der Waals surface area contributed by atoms with Crippen molar-refractivity contribution < 1.29 is 4.79 Å². The molecule has 2 aliphatic rings. The Morgan fingerprint density at radius 2 is 2.25 bits per heavy atom. The Kier molecular flexibility index (Phi) is 3.41. The van der Waals surface area contributed by atoms with Crippen LogP contribution in [-0.4, -0.2) is 43.9 Å². The van der Waals surface area contributed by atoms with Gasteiger partial charge >= 0.3 is 0 Å². The molecule has 0 amide bonds. The second-order valence-electron chi connectivity index (χ2n) is 4.62. The second kappa shape index (κ2) is 4.80. The van der Waals surface area contributed by atoms with E-state index in [-0.39, 0.29) is 5.41 Å². The van der Waals surface area contributed by atoms with E-state index in [0.29, 0.717) is 0 Å². The Morgan fingerprint density at radius 3 is 2.81 bits per heavy atom. The number of hydrogen-bond acceptors (Lipinski definition) is 4. The molecule has 1 heterocycles. The third-order valence-corrected chi connectivity index (χ3v) is 3.29. The van der Waals surface area contributed by atoms with Gasteiger partial charge in [0.1, 0.15) is 6.29 Å². The molecule has 4 heteroatoms. The SMILES string of the molecule is NC1=CCC(C=O)(CN2CCNCC2)C=C1. The molecule has 0 bridgehead atoms. The number of carbonyl (C=O) groups is 1. The number of nitrogens with zero attached hydrogens (tertiary/aromatic N) is 1. The highest BCUT2D eigenvalue weighted by molar-refractivity contribution is 5.65. The largest absolute Gasteiger partial charge is 0.399 e. The van der Waals surface area contributed by atoms with Crippen LogP contribution in [0.25, 0.3) is 0 Å². The minimum atomic E-state index is -0.361. The quantitative estimate of drug-likeness (QED) is 0.652. The maximum atomic E-state index is 11.3. The number of carbonyl (C=O) groups excluding carboxylic acids is 1. The van der Waals surface area contributed by atoms with Gasteiger partial charge in [0.25, 0.3) is 0 Å². The molecule has 1 unspecified atom stereocenters. The third kappa shape index (κ3) is 2.51. The van der Waals surface area contributed by atoms with Crippen LogP contribution in [0, 0.1) is 5.41 Å². The van der Waals surface area contributed by atoms with Crippen LogP contribution in [-0.2, 0) is 4.79 Å². The highest BCUT2D eigenvalue weighted by Crippen LogP contribution is 2.27. The summed E-state index contributed by atoms with van der Waals surface area (Å²) >= 11 is 0. The maximum Gasteiger partial charge on any atom is 0.131 e. The van der Waals surface area contributed by atoms with Crippen LogP contribution in [0.15, 0.2) is 23.9 Å². The van der Waals surface area contributed by atoms with Gasteiger partial charge < -0.3 is 15.8 Å². The number of aldehydes is 1. The lowest BCUT2D eigenvalue weighted by molar-refractivity contribution is -0.115. The van der Waals surface area contributed by atoms with Gasteiger partial charge in [0.05, 0.1) is 5.41 Å². The highest BCUT2D eigenvalue weighted by Gasteiger charge is 2.30. The molecule has 16 heavy (non-hydrogen) atoms. The molecule has 88 valence electrons. The summed E-state index contributed by atoms with van der Waals surface area (Å²) in [7, 11) is 0. The van der Waals surface area contributed by atoms with E-state index in [2.05, 4.69) is 10.2 Å². The zero-order valence-electron chi connectivity index (χ0n) is 9.48. The molecule has 0 aromatic heterocycles. The van der Waals surface area contributed by atoms with Crippen molar-refractivity contribution in [1.82, 2.24) is 10.2 Å². The van der Waals surface area contributed by atoms with Crippen molar-refractivity contribution in [3.8, 4) is 0 Å². The lowest BCUT2D eigenvalue weighted by Crippen LogP contribution is -2.48. The molecule has 1 aliphatic heterocycles. The molecule has 0 radical (unpaired) electrons. The molecule has 1 atom stereocenters. The normalized spacial score (nSPS) is 31.1. The molecule has 0 aromatic rings. The number of rotatable bonds is 3. The Bertz CT molecular complexity index is 318. The van der Waals surface area contributed by atoms with Crippen LogP contribution < -0.4 is 11.1 Å². The standard InChI is InChI=1S/C12H19N3O/c13-11-1-3-12(10-16,4-2-11)9-15-7-5-14-6-8-15/h1-3,10,14H,4-9,13H2. The van der Waals surface area contributed by atoms with Gasteiger partial charge in [-0.25, -0.2) is 0 Å². The van der Waals surface area contributed by atoms with E-state index in [0.717, 1.165) is 51.1 Å². The molecular formula is C12H19N3O. The minimum absolute atomic E-state index is 0.361. The van der Waals surface area contributed by atoms with Gasteiger partial charge in [-0.2, -0.15) is 0 Å². The number of nitrogens with two attached hydrogens (primary N) is 1. The predicted octanol–water partition coefficient (Wildman–Crippen LogP) is -0.121. The van der Waals surface area contributed by atoms with Gasteiger partial charge in [-0.05, 0) is 12.5 Å². The average molecular weight is 221 g/mol. The predicted molar refractivity (Wildman–Crippen MR) is 63.8 cm³/mol. The van der Waals surface area contributed by atoms with E-state index in [9.17, 15) is 4.79 Å². The van der Waals surface area contributed by atoms with Crippen molar-refractivity contribution >= 4 is 6.29 Å². The van der Waals surface area contributed by atoms with Crippen LogP contribution >= 0.6 is 0 Å². The molecule has 1 fully saturated rings. The van der Waals surface area contributed by atoms with Crippen LogP contribution in [0.2, 0.25) is 0 Å². The van der Waals surface area contributed by atoms with Crippen molar-refractivity contribution in [3.63, 3.8) is 0 Å². The summed E-state index contributed by atoms with van der Waals surface area (Å²) in [6.45, 7) is 4.86. The maximum absolute atomic E-state index is 11.3. The Labute approximate surface area is 96.2 Å². The van der Waals surface area contributed by atoms with Crippen LogP contribution in [0.1, 0.15) is 6.42 Å². The first kappa shape index (κ1) is 11.4. The summed E-state index contributed by atoms with van der Waals surface area (Å²) in [6.07, 6.45) is 7.53. The number of hydrogen-bond donors (Lipinski definition) is 2. The summed E-state index contributed by atoms with van der Waals surface area (Å²) in [5.41, 5.74) is 6.08.